The second kappa shape index (κ2) is 6.43. The monoisotopic (exact) mass is 369 g/mol. The second-order valence-corrected chi connectivity index (χ2v) is 6.59. The maximum absolute atomic E-state index is 12.4. The van der Waals surface area contributed by atoms with Gasteiger partial charge in [-0.05, 0) is 35.0 Å². The zero-order valence-electron chi connectivity index (χ0n) is 13.1. The summed E-state index contributed by atoms with van der Waals surface area (Å²) in [5, 5.41) is 6.85. The molecule has 5 heteroatoms. The molecular formula is C20H13Cl2NO2. The van der Waals surface area contributed by atoms with E-state index in [-0.39, 0.29) is 12.3 Å². The summed E-state index contributed by atoms with van der Waals surface area (Å²) in [4.78, 5) is 12.4. The zero-order valence-corrected chi connectivity index (χ0v) is 14.6. The van der Waals surface area contributed by atoms with Crippen molar-refractivity contribution in [3.05, 3.63) is 76.5 Å². The number of carbonyl (C=O) groups is 1. The molecule has 0 saturated heterocycles. The molecule has 0 aliphatic carbocycles. The largest absolute Gasteiger partial charge is 0.464 e. The van der Waals surface area contributed by atoms with Crippen LogP contribution in [0.2, 0.25) is 10.0 Å². The minimum absolute atomic E-state index is 0.144. The molecule has 1 amide bonds. The molecule has 0 aliphatic heterocycles. The maximum Gasteiger partial charge on any atom is 0.228 e. The first kappa shape index (κ1) is 16.0. The van der Waals surface area contributed by atoms with Crippen molar-refractivity contribution in [1.82, 2.24) is 0 Å². The Bertz CT molecular complexity index is 1100. The molecule has 25 heavy (non-hydrogen) atoms. The number of rotatable bonds is 3. The Morgan fingerprint density at radius 1 is 1.00 bits per heavy atom. The van der Waals surface area contributed by atoms with Gasteiger partial charge in [0.2, 0.25) is 5.91 Å². The van der Waals surface area contributed by atoms with E-state index >= 15 is 0 Å². The molecule has 0 spiro atoms. The highest BCUT2D eigenvalue weighted by Gasteiger charge is 2.13. The van der Waals surface area contributed by atoms with E-state index in [0.717, 1.165) is 27.3 Å². The van der Waals surface area contributed by atoms with Crippen LogP contribution in [0.15, 0.2) is 65.3 Å². The summed E-state index contributed by atoms with van der Waals surface area (Å²) in [7, 11) is 0. The fourth-order valence-electron chi connectivity index (χ4n) is 2.96. The lowest BCUT2D eigenvalue weighted by Crippen LogP contribution is -2.14. The smallest absolute Gasteiger partial charge is 0.228 e. The number of halogens is 2. The van der Waals surface area contributed by atoms with Gasteiger partial charge < -0.3 is 9.73 Å². The Kier molecular flexibility index (Phi) is 4.12. The van der Waals surface area contributed by atoms with Gasteiger partial charge in [-0.25, -0.2) is 0 Å². The number of carbonyl (C=O) groups excluding carboxylic acids is 1. The van der Waals surface area contributed by atoms with Gasteiger partial charge in [-0.15, -0.1) is 0 Å². The van der Waals surface area contributed by atoms with Crippen molar-refractivity contribution < 1.29 is 9.21 Å². The predicted octanol–water partition coefficient (Wildman–Crippen LogP) is 6.07. The van der Waals surface area contributed by atoms with Crippen LogP contribution in [0.3, 0.4) is 0 Å². The number of hydrogen-bond acceptors (Lipinski definition) is 2. The van der Waals surface area contributed by atoms with Crippen LogP contribution >= 0.6 is 23.2 Å². The van der Waals surface area contributed by atoms with Gasteiger partial charge in [0.1, 0.15) is 5.58 Å². The Morgan fingerprint density at radius 2 is 1.84 bits per heavy atom. The molecule has 0 saturated carbocycles. The zero-order chi connectivity index (χ0) is 17.4. The molecule has 0 radical (unpaired) electrons. The quantitative estimate of drug-likeness (QED) is 0.475. The number of fused-ring (bicyclic) bond motifs is 3. The average Bonchev–Trinajstić information content (AvgIpc) is 3.01. The number of nitrogens with one attached hydrogen (secondary N) is 1. The molecule has 0 aliphatic rings. The van der Waals surface area contributed by atoms with Gasteiger partial charge in [-0.3, -0.25) is 4.79 Å². The van der Waals surface area contributed by atoms with Crippen LogP contribution in [0.1, 0.15) is 5.56 Å². The summed E-state index contributed by atoms with van der Waals surface area (Å²) in [6.45, 7) is 0. The van der Waals surface area contributed by atoms with Crippen molar-refractivity contribution in [1.29, 1.82) is 0 Å². The molecule has 4 aromatic rings. The summed E-state index contributed by atoms with van der Waals surface area (Å²) >= 11 is 11.9. The molecule has 0 atom stereocenters. The third-order valence-electron chi connectivity index (χ3n) is 4.09. The average molecular weight is 370 g/mol. The minimum Gasteiger partial charge on any atom is -0.464 e. The normalized spacial score (nSPS) is 11.1. The van der Waals surface area contributed by atoms with Gasteiger partial charge >= 0.3 is 0 Å². The van der Waals surface area contributed by atoms with Crippen LogP contribution in [0.5, 0.6) is 0 Å². The summed E-state index contributed by atoms with van der Waals surface area (Å²) in [5.74, 6) is -0.144. The first-order valence-corrected chi connectivity index (χ1v) is 8.50. The lowest BCUT2D eigenvalue weighted by atomic mass is 10.0. The van der Waals surface area contributed by atoms with Crippen LogP contribution < -0.4 is 5.32 Å². The Morgan fingerprint density at radius 3 is 2.68 bits per heavy atom. The van der Waals surface area contributed by atoms with E-state index < -0.39 is 0 Å². The van der Waals surface area contributed by atoms with Gasteiger partial charge in [0.15, 0.2) is 0 Å². The number of amides is 1. The molecule has 1 N–H and O–H groups in total. The van der Waals surface area contributed by atoms with E-state index in [1.807, 2.05) is 36.4 Å². The van der Waals surface area contributed by atoms with E-state index in [4.69, 9.17) is 27.6 Å². The third-order valence-corrected chi connectivity index (χ3v) is 4.83. The second-order valence-electron chi connectivity index (χ2n) is 5.77. The summed E-state index contributed by atoms with van der Waals surface area (Å²) in [6, 6.07) is 17.0. The van der Waals surface area contributed by atoms with Gasteiger partial charge in [-0.2, -0.15) is 0 Å². The fourth-order valence-corrected chi connectivity index (χ4v) is 3.25. The molecule has 1 aromatic heterocycles. The summed E-state index contributed by atoms with van der Waals surface area (Å²) in [6.07, 6.45) is 1.85. The van der Waals surface area contributed by atoms with E-state index in [1.165, 1.54) is 0 Å². The van der Waals surface area contributed by atoms with Gasteiger partial charge in [0.25, 0.3) is 0 Å². The van der Waals surface area contributed by atoms with Crippen LogP contribution in [-0.4, -0.2) is 5.91 Å². The lowest BCUT2D eigenvalue weighted by Gasteiger charge is -2.06. The van der Waals surface area contributed by atoms with E-state index in [9.17, 15) is 4.79 Å². The Labute approximate surface area is 154 Å². The number of benzene rings is 3. The van der Waals surface area contributed by atoms with Gasteiger partial charge in [-0.1, -0.05) is 53.5 Å². The first-order chi connectivity index (χ1) is 12.1. The SMILES string of the molecule is O=C(Cc1coc2ccc3ccccc3c12)Nc1ccc(Cl)c(Cl)c1. The highest BCUT2D eigenvalue weighted by atomic mass is 35.5. The number of furan rings is 1. The molecule has 0 bridgehead atoms. The molecule has 4 rings (SSSR count). The molecule has 0 unspecified atom stereocenters. The molecule has 3 aromatic carbocycles. The van der Waals surface area contributed by atoms with E-state index in [0.29, 0.717) is 15.7 Å². The van der Waals surface area contributed by atoms with Crippen molar-refractivity contribution in [3.8, 4) is 0 Å². The fraction of sp³-hybridized carbons (Fsp3) is 0.0500. The Balaban J connectivity index is 1.65. The molecule has 0 fully saturated rings. The van der Waals surface area contributed by atoms with Crippen molar-refractivity contribution in [2.24, 2.45) is 0 Å². The van der Waals surface area contributed by atoms with E-state index in [2.05, 4.69) is 5.32 Å². The van der Waals surface area contributed by atoms with Gasteiger partial charge in [0.05, 0.1) is 22.7 Å². The van der Waals surface area contributed by atoms with Gasteiger partial charge in [0, 0.05) is 16.6 Å². The third kappa shape index (κ3) is 3.09. The van der Waals surface area contributed by atoms with Crippen molar-refractivity contribution in [2.75, 3.05) is 5.32 Å². The topological polar surface area (TPSA) is 42.2 Å². The Hall–Kier alpha value is -2.49. The highest BCUT2D eigenvalue weighted by molar-refractivity contribution is 6.42. The van der Waals surface area contributed by atoms with Crippen molar-refractivity contribution in [2.45, 2.75) is 6.42 Å². The summed E-state index contributed by atoms with van der Waals surface area (Å²) < 4.78 is 5.62. The summed E-state index contributed by atoms with van der Waals surface area (Å²) in [5.41, 5.74) is 2.23. The molecule has 124 valence electrons. The molecule has 3 nitrogen and oxygen atoms in total. The van der Waals surface area contributed by atoms with Crippen molar-refractivity contribution >= 4 is 56.5 Å². The van der Waals surface area contributed by atoms with E-state index in [1.54, 1.807) is 24.5 Å². The molecule has 1 heterocycles. The van der Waals surface area contributed by atoms with Crippen molar-refractivity contribution in [3.63, 3.8) is 0 Å². The van der Waals surface area contributed by atoms with Crippen LogP contribution in [0.4, 0.5) is 5.69 Å². The predicted molar refractivity (Wildman–Crippen MR) is 103 cm³/mol. The standard InChI is InChI=1S/C20H13Cl2NO2/c21-16-7-6-14(10-17(16)22)23-19(24)9-13-11-25-18-8-5-12-3-1-2-4-15(12)20(13)18/h1-8,10-11H,9H2,(H,23,24). The molecular weight excluding hydrogens is 357 g/mol. The van der Waals surface area contributed by atoms with Crippen LogP contribution in [0, 0.1) is 0 Å². The van der Waals surface area contributed by atoms with Crippen LogP contribution in [0.25, 0.3) is 21.7 Å². The maximum atomic E-state index is 12.4. The highest BCUT2D eigenvalue weighted by Crippen LogP contribution is 2.30. The first-order valence-electron chi connectivity index (χ1n) is 7.74. The number of anilines is 1. The lowest BCUT2D eigenvalue weighted by molar-refractivity contribution is -0.115. The van der Waals surface area contributed by atoms with Crippen LogP contribution in [-0.2, 0) is 11.2 Å². The number of hydrogen-bond donors (Lipinski definition) is 1. The minimum atomic E-state index is -0.144.